The van der Waals surface area contributed by atoms with E-state index in [0.717, 1.165) is 0 Å². The predicted octanol–water partition coefficient (Wildman–Crippen LogP) is 1.38. The van der Waals surface area contributed by atoms with Gasteiger partial charge in [-0.2, -0.15) is 0 Å². The molecule has 0 bridgehead atoms. The zero-order valence-corrected chi connectivity index (χ0v) is 11.5. The van der Waals surface area contributed by atoms with E-state index in [9.17, 15) is 9.59 Å². The van der Waals surface area contributed by atoms with Gasteiger partial charge in [-0.05, 0) is 13.3 Å². The van der Waals surface area contributed by atoms with E-state index in [0.29, 0.717) is 26.2 Å². The average molecular weight is 257 g/mol. The molecular weight excluding hydrogens is 234 g/mol. The molecule has 18 heavy (non-hydrogen) atoms. The molecule has 0 rings (SSSR count). The summed E-state index contributed by atoms with van der Waals surface area (Å²) in [5.74, 6) is -0.558. The van der Waals surface area contributed by atoms with Crippen LogP contribution in [-0.2, 0) is 19.1 Å². The lowest BCUT2D eigenvalue weighted by Crippen LogP contribution is -2.44. The first-order chi connectivity index (χ1) is 8.58. The number of ether oxygens (including phenoxy) is 2. The SMILES string of the molecule is C=CCN(C(C)=O)C(CC)C(=O)OCCOCC. The lowest BCUT2D eigenvalue weighted by Gasteiger charge is -2.27. The minimum absolute atomic E-state index is 0.163. The number of hydrogen-bond acceptors (Lipinski definition) is 4. The van der Waals surface area contributed by atoms with Gasteiger partial charge in [0.1, 0.15) is 12.6 Å². The first-order valence-electron chi connectivity index (χ1n) is 6.20. The molecule has 1 atom stereocenters. The van der Waals surface area contributed by atoms with Crippen molar-refractivity contribution in [3.05, 3.63) is 12.7 Å². The van der Waals surface area contributed by atoms with Crippen LogP contribution in [-0.4, -0.2) is 49.2 Å². The fourth-order valence-electron chi connectivity index (χ4n) is 1.57. The van der Waals surface area contributed by atoms with Crippen LogP contribution < -0.4 is 0 Å². The normalized spacial score (nSPS) is 11.7. The van der Waals surface area contributed by atoms with Gasteiger partial charge in [-0.1, -0.05) is 13.0 Å². The van der Waals surface area contributed by atoms with Crippen LogP contribution in [0, 0.1) is 0 Å². The second-order valence-electron chi connectivity index (χ2n) is 3.75. The van der Waals surface area contributed by atoms with Gasteiger partial charge >= 0.3 is 5.97 Å². The second kappa shape index (κ2) is 9.65. The maximum absolute atomic E-state index is 11.9. The summed E-state index contributed by atoms with van der Waals surface area (Å²) in [6.07, 6.45) is 2.11. The molecular formula is C13H23NO4. The number of hydrogen-bond donors (Lipinski definition) is 0. The Bertz CT molecular complexity index is 278. The van der Waals surface area contributed by atoms with Crippen molar-refractivity contribution in [2.24, 2.45) is 0 Å². The van der Waals surface area contributed by atoms with Crippen LogP contribution in [0.3, 0.4) is 0 Å². The fourth-order valence-corrected chi connectivity index (χ4v) is 1.57. The number of rotatable bonds is 9. The molecule has 0 aromatic rings. The summed E-state index contributed by atoms with van der Waals surface area (Å²) in [7, 11) is 0. The first kappa shape index (κ1) is 16.6. The van der Waals surface area contributed by atoms with Crippen molar-refractivity contribution < 1.29 is 19.1 Å². The van der Waals surface area contributed by atoms with Crippen molar-refractivity contribution in [1.82, 2.24) is 4.90 Å². The number of carbonyl (C=O) groups excluding carboxylic acids is 2. The molecule has 5 heteroatoms. The summed E-state index contributed by atoms with van der Waals surface area (Å²) in [4.78, 5) is 24.8. The number of nitrogens with zero attached hydrogens (tertiary/aromatic N) is 1. The standard InChI is InChI=1S/C13H23NO4/c1-5-8-14(11(4)15)12(6-2)13(16)18-10-9-17-7-3/h5,12H,1,6-10H2,2-4H3. The topological polar surface area (TPSA) is 55.8 Å². The highest BCUT2D eigenvalue weighted by atomic mass is 16.6. The van der Waals surface area contributed by atoms with Gasteiger partial charge in [0.2, 0.25) is 5.91 Å². The molecule has 0 aromatic carbocycles. The van der Waals surface area contributed by atoms with Crippen molar-refractivity contribution >= 4 is 11.9 Å². The van der Waals surface area contributed by atoms with Crippen LogP contribution in [0.25, 0.3) is 0 Å². The van der Waals surface area contributed by atoms with Crippen LogP contribution >= 0.6 is 0 Å². The number of esters is 1. The Morgan fingerprint density at radius 1 is 1.33 bits per heavy atom. The molecule has 0 N–H and O–H groups in total. The Balaban J connectivity index is 4.38. The summed E-state index contributed by atoms with van der Waals surface area (Å²) in [6.45, 7) is 10.2. The number of carbonyl (C=O) groups is 2. The molecule has 0 aliphatic heterocycles. The van der Waals surface area contributed by atoms with Gasteiger partial charge in [0.05, 0.1) is 6.61 Å². The van der Waals surface area contributed by atoms with Crippen LogP contribution in [0.1, 0.15) is 27.2 Å². The zero-order valence-electron chi connectivity index (χ0n) is 11.5. The fraction of sp³-hybridized carbons (Fsp3) is 0.692. The maximum Gasteiger partial charge on any atom is 0.328 e. The highest BCUT2D eigenvalue weighted by Crippen LogP contribution is 2.07. The van der Waals surface area contributed by atoms with Gasteiger partial charge < -0.3 is 14.4 Å². The van der Waals surface area contributed by atoms with Crippen molar-refractivity contribution in [3.8, 4) is 0 Å². The van der Waals surface area contributed by atoms with Crippen LogP contribution in [0.5, 0.6) is 0 Å². The summed E-state index contributed by atoms with van der Waals surface area (Å²) in [5.41, 5.74) is 0. The largest absolute Gasteiger partial charge is 0.462 e. The van der Waals surface area contributed by atoms with E-state index in [1.807, 2.05) is 13.8 Å². The van der Waals surface area contributed by atoms with E-state index in [2.05, 4.69) is 6.58 Å². The molecule has 0 saturated heterocycles. The van der Waals surface area contributed by atoms with Crippen LogP contribution in [0.4, 0.5) is 0 Å². The smallest absolute Gasteiger partial charge is 0.328 e. The summed E-state index contributed by atoms with van der Waals surface area (Å²) in [6, 6.07) is -0.554. The van der Waals surface area contributed by atoms with E-state index in [4.69, 9.17) is 9.47 Å². The van der Waals surface area contributed by atoms with Crippen LogP contribution in [0.2, 0.25) is 0 Å². The lowest BCUT2D eigenvalue weighted by molar-refractivity contribution is -0.155. The van der Waals surface area contributed by atoms with E-state index < -0.39 is 12.0 Å². The Labute approximate surface area is 109 Å². The third kappa shape index (κ3) is 5.82. The molecule has 0 fully saturated rings. The van der Waals surface area contributed by atoms with Crippen molar-refractivity contribution in [2.45, 2.75) is 33.2 Å². The van der Waals surface area contributed by atoms with Gasteiger partial charge in [0.25, 0.3) is 0 Å². The summed E-state index contributed by atoms with van der Waals surface area (Å²) in [5, 5.41) is 0. The van der Waals surface area contributed by atoms with Gasteiger partial charge in [0, 0.05) is 20.1 Å². The van der Waals surface area contributed by atoms with Crippen LogP contribution in [0.15, 0.2) is 12.7 Å². The molecule has 0 spiro atoms. The number of amides is 1. The Morgan fingerprint density at radius 3 is 2.44 bits per heavy atom. The van der Waals surface area contributed by atoms with E-state index in [-0.39, 0.29) is 12.5 Å². The lowest BCUT2D eigenvalue weighted by atomic mass is 10.2. The zero-order chi connectivity index (χ0) is 14.0. The minimum Gasteiger partial charge on any atom is -0.462 e. The third-order valence-corrected chi connectivity index (χ3v) is 2.44. The maximum atomic E-state index is 11.9. The minimum atomic E-state index is -0.554. The monoisotopic (exact) mass is 257 g/mol. The molecule has 0 aliphatic rings. The Kier molecular flexibility index (Phi) is 8.92. The highest BCUT2D eigenvalue weighted by molar-refractivity contribution is 5.83. The molecule has 0 saturated carbocycles. The molecule has 0 aromatic heterocycles. The molecule has 0 aliphatic carbocycles. The molecule has 104 valence electrons. The Morgan fingerprint density at radius 2 is 2.00 bits per heavy atom. The van der Waals surface area contributed by atoms with Gasteiger partial charge in [-0.25, -0.2) is 4.79 Å². The van der Waals surface area contributed by atoms with Crippen molar-refractivity contribution in [3.63, 3.8) is 0 Å². The van der Waals surface area contributed by atoms with Gasteiger partial charge in [0.15, 0.2) is 0 Å². The van der Waals surface area contributed by atoms with Gasteiger partial charge in [-0.15, -0.1) is 6.58 Å². The van der Waals surface area contributed by atoms with Crippen molar-refractivity contribution in [2.75, 3.05) is 26.4 Å². The quantitative estimate of drug-likeness (QED) is 0.356. The summed E-state index contributed by atoms with van der Waals surface area (Å²) < 4.78 is 10.2. The molecule has 1 unspecified atom stereocenters. The highest BCUT2D eigenvalue weighted by Gasteiger charge is 2.26. The summed E-state index contributed by atoms with van der Waals surface area (Å²) >= 11 is 0. The van der Waals surface area contributed by atoms with E-state index >= 15 is 0 Å². The average Bonchev–Trinajstić information content (AvgIpc) is 2.34. The van der Waals surface area contributed by atoms with Crippen molar-refractivity contribution in [1.29, 1.82) is 0 Å². The predicted molar refractivity (Wildman–Crippen MR) is 69.1 cm³/mol. The first-order valence-corrected chi connectivity index (χ1v) is 6.20. The van der Waals surface area contributed by atoms with Gasteiger partial charge in [-0.3, -0.25) is 4.79 Å². The molecule has 5 nitrogen and oxygen atoms in total. The molecule has 0 radical (unpaired) electrons. The van der Waals surface area contributed by atoms with E-state index in [1.165, 1.54) is 11.8 Å². The third-order valence-electron chi connectivity index (χ3n) is 2.44. The second-order valence-corrected chi connectivity index (χ2v) is 3.75. The Hall–Kier alpha value is -1.36. The van der Waals surface area contributed by atoms with E-state index in [1.54, 1.807) is 6.08 Å². The molecule has 0 heterocycles. The molecule has 1 amide bonds.